The molecular formula is C27H33N5O3. The van der Waals surface area contributed by atoms with Crippen LogP contribution in [-0.4, -0.2) is 63.0 Å². The average Bonchev–Trinajstić information content (AvgIpc) is 3.29. The van der Waals surface area contributed by atoms with E-state index in [4.69, 9.17) is 0 Å². The first-order chi connectivity index (χ1) is 16.5. The number of rotatable bonds is 5. The average molecular weight is 476 g/mol. The SMILES string of the molecule is CC1(O)CN(C(=O)C(c2cccnc2)N(C(=O)[C@H]2CCCN2C#N)c2ccc(C(C)(C)C)cc2)C1. The zero-order chi connectivity index (χ0) is 25.4. The van der Waals surface area contributed by atoms with Crippen molar-refractivity contribution >= 4 is 17.5 Å². The lowest BCUT2D eigenvalue weighted by atomic mass is 9.87. The quantitative estimate of drug-likeness (QED) is 0.668. The minimum absolute atomic E-state index is 0.0712. The van der Waals surface area contributed by atoms with Gasteiger partial charge in [0.1, 0.15) is 12.1 Å². The molecule has 1 aromatic carbocycles. The van der Waals surface area contributed by atoms with Gasteiger partial charge in [-0.3, -0.25) is 24.4 Å². The van der Waals surface area contributed by atoms with Crippen LogP contribution in [0.3, 0.4) is 0 Å². The van der Waals surface area contributed by atoms with Crippen molar-refractivity contribution in [2.24, 2.45) is 0 Å². The third kappa shape index (κ3) is 5.01. The van der Waals surface area contributed by atoms with Crippen LogP contribution < -0.4 is 4.90 Å². The molecule has 3 heterocycles. The van der Waals surface area contributed by atoms with Crippen molar-refractivity contribution in [3.8, 4) is 6.19 Å². The van der Waals surface area contributed by atoms with Crippen LogP contribution >= 0.6 is 0 Å². The number of nitriles is 1. The first-order valence-electron chi connectivity index (χ1n) is 12.0. The molecule has 0 bridgehead atoms. The predicted molar refractivity (Wildman–Crippen MR) is 132 cm³/mol. The summed E-state index contributed by atoms with van der Waals surface area (Å²) in [6.07, 6.45) is 6.65. The lowest BCUT2D eigenvalue weighted by Crippen LogP contribution is -2.64. The van der Waals surface area contributed by atoms with E-state index < -0.39 is 17.7 Å². The highest BCUT2D eigenvalue weighted by Gasteiger charge is 2.46. The second-order valence-corrected chi connectivity index (χ2v) is 10.8. The van der Waals surface area contributed by atoms with Crippen molar-refractivity contribution in [1.29, 1.82) is 5.26 Å². The number of pyridine rings is 1. The number of likely N-dealkylation sites (tertiary alicyclic amines) is 2. The van der Waals surface area contributed by atoms with Gasteiger partial charge in [-0.2, -0.15) is 5.26 Å². The molecular weight excluding hydrogens is 442 g/mol. The summed E-state index contributed by atoms with van der Waals surface area (Å²) in [7, 11) is 0. The summed E-state index contributed by atoms with van der Waals surface area (Å²) >= 11 is 0. The molecule has 0 aliphatic carbocycles. The van der Waals surface area contributed by atoms with Crippen LogP contribution in [0.25, 0.3) is 0 Å². The number of amides is 2. The maximum absolute atomic E-state index is 14.1. The van der Waals surface area contributed by atoms with Gasteiger partial charge < -0.3 is 10.0 Å². The van der Waals surface area contributed by atoms with Crippen LogP contribution in [-0.2, 0) is 15.0 Å². The summed E-state index contributed by atoms with van der Waals surface area (Å²) in [5, 5.41) is 19.9. The van der Waals surface area contributed by atoms with Gasteiger partial charge in [-0.05, 0) is 48.9 Å². The van der Waals surface area contributed by atoms with E-state index in [2.05, 4.69) is 31.9 Å². The fourth-order valence-corrected chi connectivity index (χ4v) is 4.87. The number of benzene rings is 1. The Hall–Kier alpha value is -3.44. The van der Waals surface area contributed by atoms with Crippen molar-refractivity contribution in [2.45, 2.75) is 63.6 Å². The molecule has 1 N–H and O–H groups in total. The van der Waals surface area contributed by atoms with Crippen LogP contribution in [0.4, 0.5) is 5.69 Å². The summed E-state index contributed by atoms with van der Waals surface area (Å²) in [5.41, 5.74) is 1.26. The molecule has 8 nitrogen and oxygen atoms in total. The van der Waals surface area contributed by atoms with E-state index in [1.807, 2.05) is 24.3 Å². The Labute approximate surface area is 206 Å². The molecule has 8 heteroatoms. The van der Waals surface area contributed by atoms with Gasteiger partial charge in [-0.15, -0.1) is 0 Å². The Morgan fingerprint density at radius 2 is 1.91 bits per heavy atom. The molecule has 2 aliphatic heterocycles. The summed E-state index contributed by atoms with van der Waals surface area (Å²) in [5.74, 6) is -0.568. The van der Waals surface area contributed by atoms with Crippen LogP contribution in [0.2, 0.25) is 0 Å². The van der Waals surface area contributed by atoms with Gasteiger partial charge in [0, 0.05) is 30.2 Å². The molecule has 0 radical (unpaired) electrons. The first-order valence-corrected chi connectivity index (χ1v) is 12.0. The van der Waals surface area contributed by atoms with Crippen molar-refractivity contribution < 1.29 is 14.7 Å². The number of anilines is 1. The van der Waals surface area contributed by atoms with Gasteiger partial charge in [-0.1, -0.05) is 39.0 Å². The van der Waals surface area contributed by atoms with Crippen LogP contribution in [0.1, 0.15) is 57.7 Å². The third-order valence-corrected chi connectivity index (χ3v) is 6.78. The van der Waals surface area contributed by atoms with E-state index in [-0.39, 0.29) is 30.3 Å². The fraction of sp³-hybridized carbons (Fsp3) is 0.481. The molecule has 2 amide bonds. The molecule has 2 aliphatic rings. The number of hydrogen-bond acceptors (Lipinski definition) is 6. The molecule has 2 aromatic rings. The van der Waals surface area contributed by atoms with Crippen molar-refractivity contribution in [3.63, 3.8) is 0 Å². The number of carbonyl (C=O) groups excluding carboxylic acids is 2. The van der Waals surface area contributed by atoms with Crippen molar-refractivity contribution in [1.82, 2.24) is 14.8 Å². The Kier molecular flexibility index (Phi) is 6.56. The minimum atomic E-state index is -0.964. The topological polar surface area (TPSA) is 101 Å². The molecule has 0 saturated carbocycles. The maximum atomic E-state index is 14.1. The zero-order valence-electron chi connectivity index (χ0n) is 20.8. The van der Waals surface area contributed by atoms with Gasteiger partial charge in [0.05, 0.1) is 18.7 Å². The van der Waals surface area contributed by atoms with Crippen LogP contribution in [0, 0.1) is 11.5 Å². The normalized spacial score (nSPS) is 20.1. The second-order valence-electron chi connectivity index (χ2n) is 10.8. The molecule has 184 valence electrons. The maximum Gasteiger partial charge on any atom is 0.251 e. The fourth-order valence-electron chi connectivity index (χ4n) is 4.87. The number of nitrogens with zero attached hydrogens (tertiary/aromatic N) is 5. The van der Waals surface area contributed by atoms with Gasteiger partial charge in [0.15, 0.2) is 6.19 Å². The summed E-state index contributed by atoms with van der Waals surface area (Å²) in [4.78, 5) is 36.7. The first kappa shape index (κ1) is 24.7. The van der Waals surface area contributed by atoms with E-state index in [1.54, 1.807) is 36.4 Å². The number of β-amino-alcohol motifs (C(OH)–C–C–N with tert-alkyl or cyclic N) is 1. The zero-order valence-corrected chi connectivity index (χ0v) is 20.8. The molecule has 35 heavy (non-hydrogen) atoms. The lowest BCUT2D eigenvalue weighted by Gasteiger charge is -2.47. The molecule has 0 spiro atoms. The summed E-state index contributed by atoms with van der Waals surface area (Å²) < 4.78 is 0. The number of hydrogen-bond donors (Lipinski definition) is 1. The molecule has 2 atom stereocenters. The highest BCUT2D eigenvalue weighted by molar-refractivity contribution is 6.04. The third-order valence-electron chi connectivity index (χ3n) is 6.78. The van der Waals surface area contributed by atoms with Crippen LogP contribution in [0.15, 0.2) is 48.8 Å². The minimum Gasteiger partial charge on any atom is -0.386 e. The lowest BCUT2D eigenvalue weighted by molar-refractivity contribution is -0.154. The Balaban J connectivity index is 1.81. The number of aromatic nitrogens is 1. The molecule has 2 fully saturated rings. The highest BCUT2D eigenvalue weighted by Crippen LogP contribution is 2.35. The second kappa shape index (κ2) is 9.31. The van der Waals surface area contributed by atoms with Crippen molar-refractivity contribution in [2.75, 3.05) is 24.5 Å². The van der Waals surface area contributed by atoms with E-state index in [1.165, 1.54) is 9.80 Å². The van der Waals surface area contributed by atoms with Gasteiger partial charge in [-0.25, -0.2) is 0 Å². The summed E-state index contributed by atoms with van der Waals surface area (Å²) in [6, 6.07) is 9.62. The Morgan fingerprint density at radius 3 is 2.46 bits per heavy atom. The van der Waals surface area contributed by atoms with E-state index in [9.17, 15) is 20.0 Å². The van der Waals surface area contributed by atoms with E-state index >= 15 is 0 Å². The number of carbonyl (C=O) groups is 2. The monoisotopic (exact) mass is 475 g/mol. The Morgan fingerprint density at radius 1 is 1.23 bits per heavy atom. The van der Waals surface area contributed by atoms with E-state index in [0.717, 1.165) is 12.0 Å². The molecule has 1 aromatic heterocycles. The van der Waals surface area contributed by atoms with Gasteiger partial charge in [0.25, 0.3) is 11.8 Å². The standard InChI is InChI=1S/C27H33N5O3/c1-26(2,3)20-9-11-21(12-10-20)32(24(33)22-8-6-14-30(22)18-28)23(19-7-5-13-29-15-19)25(34)31-16-27(4,35)17-31/h5,7,9-13,15,22-23,35H,6,8,14,16-17H2,1-4H3/t22-,23?/m1/s1. The Bertz CT molecular complexity index is 1110. The predicted octanol–water partition coefficient (Wildman–Crippen LogP) is 2.99. The van der Waals surface area contributed by atoms with Gasteiger partial charge in [0.2, 0.25) is 0 Å². The largest absolute Gasteiger partial charge is 0.386 e. The molecule has 2 saturated heterocycles. The van der Waals surface area contributed by atoms with E-state index in [0.29, 0.717) is 24.2 Å². The smallest absolute Gasteiger partial charge is 0.251 e. The number of aliphatic hydroxyl groups is 1. The molecule has 1 unspecified atom stereocenters. The van der Waals surface area contributed by atoms with Crippen molar-refractivity contribution in [3.05, 3.63) is 59.9 Å². The van der Waals surface area contributed by atoms with Crippen LogP contribution in [0.5, 0.6) is 0 Å². The molecule has 4 rings (SSSR count). The van der Waals surface area contributed by atoms with Gasteiger partial charge >= 0.3 is 0 Å². The highest BCUT2D eigenvalue weighted by atomic mass is 16.3. The summed E-state index contributed by atoms with van der Waals surface area (Å²) in [6.45, 7) is 8.95.